The molecule has 0 amide bonds. The second-order valence-corrected chi connectivity index (χ2v) is 3.61. The molecular formula is C12H14F2N2O. The molecule has 0 saturated heterocycles. The lowest BCUT2D eigenvalue weighted by atomic mass is 10.2. The molecule has 1 aromatic rings. The number of benzene rings is 1. The number of nitrogens with zero attached hydrogens (tertiary/aromatic N) is 2. The number of aliphatic hydroxyl groups is 1. The molecule has 0 unspecified atom stereocenters. The standard InChI is InChI=1S/C12H14F2N2O/c1-2-3-16(4-5-17)12-10(13)6-9(8-15)7-11(12)14/h6-7,17H,2-5H2,1H3. The van der Waals surface area contributed by atoms with Crippen LogP contribution in [0.3, 0.4) is 0 Å². The molecule has 0 heterocycles. The van der Waals surface area contributed by atoms with Crippen LogP contribution < -0.4 is 4.90 Å². The van der Waals surface area contributed by atoms with Crippen LogP contribution in [0.2, 0.25) is 0 Å². The maximum atomic E-state index is 13.7. The van der Waals surface area contributed by atoms with E-state index < -0.39 is 11.6 Å². The number of aliphatic hydroxyl groups excluding tert-OH is 1. The minimum atomic E-state index is -0.775. The molecule has 0 fully saturated rings. The highest BCUT2D eigenvalue weighted by Gasteiger charge is 2.17. The normalized spacial score (nSPS) is 10.1. The Balaban J connectivity index is 3.14. The van der Waals surface area contributed by atoms with E-state index in [1.54, 1.807) is 6.07 Å². The summed E-state index contributed by atoms with van der Waals surface area (Å²) >= 11 is 0. The van der Waals surface area contributed by atoms with Crippen LogP contribution in [0.4, 0.5) is 14.5 Å². The molecule has 92 valence electrons. The molecule has 0 aliphatic rings. The van der Waals surface area contributed by atoms with Gasteiger partial charge >= 0.3 is 0 Å². The van der Waals surface area contributed by atoms with Gasteiger partial charge in [-0.1, -0.05) is 6.92 Å². The fourth-order valence-electron chi connectivity index (χ4n) is 1.66. The van der Waals surface area contributed by atoms with Crippen LogP contribution in [0.5, 0.6) is 0 Å². The molecular weight excluding hydrogens is 226 g/mol. The molecule has 0 atom stereocenters. The first-order valence-electron chi connectivity index (χ1n) is 5.39. The van der Waals surface area contributed by atoms with E-state index in [2.05, 4.69) is 0 Å². The van der Waals surface area contributed by atoms with Crippen LogP contribution in [-0.2, 0) is 0 Å². The van der Waals surface area contributed by atoms with E-state index in [0.717, 1.165) is 12.1 Å². The van der Waals surface area contributed by atoms with Gasteiger partial charge in [0.05, 0.1) is 18.2 Å². The predicted molar refractivity (Wildman–Crippen MR) is 60.7 cm³/mol. The zero-order valence-electron chi connectivity index (χ0n) is 9.58. The summed E-state index contributed by atoms with van der Waals surface area (Å²) in [5.41, 5.74) is -0.232. The number of nitriles is 1. The topological polar surface area (TPSA) is 47.3 Å². The van der Waals surface area contributed by atoms with Crippen LogP contribution in [0.25, 0.3) is 0 Å². The average Bonchev–Trinajstić information content (AvgIpc) is 2.28. The van der Waals surface area contributed by atoms with Gasteiger partial charge in [-0.3, -0.25) is 0 Å². The number of hydrogen-bond donors (Lipinski definition) is 1. The van der Waals surface area contributed by atoms with Crippen molar-refractivity contribution in [1.82, 2.24) is 0 Å². The predicted octanol–water partition coefficient (Wildman–Crippen LogP) is 2.05. The highest BCUT2D eigenvalue weighted by atomic mass is 19.1. The number of rotatable bonds is 5. The monoisotopic (exact) mass is 240 g/mol. The third-order valence-electron chi connectivity index (χ3n) is 2.33. The maximum Gasteiger partial charge on any atom is 0.150 e. The molecule has 0 radical (unpaired) electrons. The fourth-order valence-corrected chi connectivity index (χ4v) is 1.66. The minimum absolute atomic E-state index is 0.0517. The molecule has 17 heavy (non-hydrogen) atoms. The van der Waals surface area contributed by atoms with Gasteiger partial charge in [0.1, 0.15) is 5.69 Å². The Hall–Kier alpha value is -1.67. The van der Waals surface area contributed by atoms with Gasteiger partial charge in [-0.2, -0.15) is 5.26 Å². The van der Waals surface area contributed by atoms with Crippen molar-refractivity contribution < 1.29 is 13.9 Å². The van der Waals surface area contributed by atoms with Crippen molar-refractivity contribution >= 4 is 5.69 Å². The Morgan fingerprint density at radius 3 is 2.29 bits per heavy atom. The van der Waals surface area contributed by atoms with Crippen molar-refractivity contribution in [3.05, 3.63) is 29.3 Å². The summed E-state index contributed by atoms with van der Waals surface area (Å²) in [5.74, 6) is -1.55. The lowest BCUT2D eigenvalue weighted by Gasteiger charge is -2.24. The van der Waals surface area contributed by atoms with Gasteiger partial charge in [0.25, 0.3) is 0 Å². The fraction of sp³-hybridized carbons (Fsp3) is 0.417. The van der Waals surface area contributed by atoms with Crippen molar-refractivity contribution in [3.63, 3.8) is 0 Å². The van der Waals surface area contributed by atoms with Crippen LogP contribution in [0.1, 0.15) is 18.9 Å². The average molecular weight is 240 g/mol. The van der Waals surface area contributed by atoms with Gasteiger partial charge in [-0.15, -0.1) is 0 Å². The smallest absolute Gasteiger partial charge is 0.150 e. The Kier molecular flexibility index (Phi) is 4.85. The lowest BCUT2D eigenvalue weighted by Crippen LogP contribution is -2.29. The number of anilines is 1. The van der Waals surface area contributed by atoms with E-state index in [-0.39, 0.29) is 24.4 Å². The van der Waals surface area contributed by atoms with Gasteiger partial charge in [0, 0.05) is 13.1 Å². The second-order valence-electron chi connectivity index (χ2n) is 3.61. The second kappa shape index (κ2) is 6.16. The summed E-state index contributed by atoms with van der Waals surface area (Å²) in [6.45, 7) is 2.30. The van der Waals surface area contributed by atoms with E-state index in [4.69, 9.17) is 10.4 Å². The van der Waals surface area contributed by atoms with Gasteiger partial charge in [-0.05, 0) is 18.6 Å². The molecule has 0 aliphatic carbocycles. The van der Waals surface area contributed by atoms with Crippen LogP contribution in [0, 0.1) is 23.0 Å². The number of halogens is 2. The van der Waals surface area contributed by atoms with E-state index in [1.807, 2.05) is 6.92 Å². The van der Waals surface area contributed by atoms with E-state index in [0.29, 0.717) is 13.0 Å². The Morgan fingerprint density at radius 1 is 1.29 bits per heavy atom. The Labute approximate surface area is 98.9 Å². The van der Waals surface area contributed by atoms with Gasteiger partial charge in [0.2, 0.25) is 0 Å². The molecule has 3 nitrogen and oxygen atoms in total. The van der Waals surface area contributed by atoms with Crippen LogP contribution in [0.15, 0.2) is 12.1 Å². The summed E-state index contributed by atoms with van der Waals surface area (Å²) in [6, 6.07) is 3.69. The van der Waals surface area contributed by atoms with Crippen LogP contribution >= 0.6 is 0 Å². The SMILES string of the molecule is CCCN(CCO)c1c(F)cc(C#N)cc1F. The van der Waals surface area contributed by atoms with E-state index in [9.17, 15) is 8.78 Å². The highest BCUT2D eigenvalue weighted by Crippen LogP contribution is 2.24. The molecule has 0 bridgehead atoms. The molecule has 0 spiro atoms. The zero-order valence-corrected chi connectivity index (χ0v) is 9.58. The molecule has 0 aromatic heterocycles. The highest BCUT2D eigenvalue weighted by molar-refractivity contribution is 5.52. The largest absolute Gasteiger partial charge is 0.395 e. The van der Waals surface area contributed by atoms with Crippen molar-refractivity contribution in [2.24, 2.45) is 0 Å². The third-order valence-corrected chi connectivity index (χ3v) is 2.33. The lowest BCUT2D eigenvalue weighted by molar-refractivity contribution is 0.301. The molecule has 1 aromatic carbocycles. The van der Waals surface area contributed by atoms with E-state index >= 15 is 0 Å². The van der Waals surface area contributed by atoms with E-state index in [1.165, 1.54) is 4.90 Å². The minimum Gasteiger partial charge on any atom is -0.395 e. The van der Waals surface area contributed by atoms with Crippen molar-refractivity contribution in [2.45, 2.75) is 13.3 Å². The molecule has 0 saturated carbocycles. The summed E-state index contributed by atoms with van der Waals surface area (Å²) < 4.78 is 27.4. The summed E-state index contributed by atoms with van der Waals surface area (Å²) in [6.07, 6.45) is 0.707. The van der Waals surface area contributed by atoms with Crippen LogP contribution in [-0.4, -0.2) is 24.8 Å². The van der Waals surface area contributed by atoms with Gasteiger partial charge in [-0.25, -0.2) is 8.78 Å². The van der Waals surface area contributed by atoms with Crippen molar-refractivity contribution in [3.8, 4) is 6.07 Å². The summed E-state index contributed by atoms with van der Waals surface area (Å²) in [5, 5.41) is 17.5. The molecule has 1 rings (SSSR count). The number of hydrogen-bond acceptors (Lipinski definition) is 3. The van der Waals surface area contributed by atoms with Crippen molar-refractivity contribution in [1.29, 1.82) is 5.26 Å². The molecule has 0 aliphatic heterocycles. The Bertz CT molecular complexity index is 400. The first-order valence-corrected chi connectivity index (χ1v) is 5.39. The third kappa shape index (κ3) is 3.14. The molecule has 1 N–H and O–H groups in total. The van der Waals surface area contributed by atoms with Gasteiger partial charge in [0.15, 0.2) is 11.6 Å². The summed E-state index contributed by atoms with van der Waals surface area (Å²) in [7, 11) is 0. The molecule has 5 heteroatoms. The Morgan fingerprint density at radius 2 is 1.88 bits per heavy atom. The first kappa shape index (κ1) is 13.4. The van der Waals surface area contributed by atoms with Gasteiger partial charge < -0.3 is 10.0 Å². The maximum absolute atomic E-state index is 13.7. The quantitative estimate of drug-likeness (QED) is 0.856. The zero-order chi connectivity index (χ0) is 12.8. The summed E-state index contributed by atoms with van der Waals surface area (Å²) in [4.78, 5) is 1.44. The van der Waals surface area contributed by atoms with Crippen molar-refractivity contribution in [2.75, 3.05) is 24.6 Å². The first-order chi connectivity index (χ1) is 8.13.